The van der Waals surface area contributed by atoms with E-state index < -0.39 is 0 Å². The highest BCUT2D eigenvalue weighted by Gasteiger charge is 2.34. The van der Waals surface area contributed by atoms with Crippen LogP contribution in [0.1, 0.15) is 58.8 Å². The topological polar surface area (TPSA) is 46.6 Å². The van der Waals surface area contributed by atoms with Crippen LogP contribution in [0, 0.1) is 5.92 Å². The molecule has 4 nitrogen and oxygen atoms in total. The van der Waals surface area contributed by atoms with Gasteiger partial charge in [0.25, 0.3) is 0 Å². The van der Waals surface area contributed by atoms with Crippen molar-refractivity contribution in [2.75, 3.05) is 19.7 Å². The molecule has 0 aromatic rings. The standard InChI is InChI=1S/C15H27NO3/c1-3-5-7-8-9-16-12-13(11-14(16)17)15(18)19-10-6-4-2/h13H,3-12H2,1-2H3. The van der Waals surface area contributed by atoms with E-state index in [9.17, 15) is 9.59 Å². The number of carbonyl (C=O) groups is 2. The molecule has 110 valence electrons. The number of carbonyl (C=O) groups excluding carboxylic acids is 2. The van der Waals surface area contributed by atoms with Crippen LogP contribution in [0.5, 0.6) is 0 Å². The number of amides is 1. The SMILES string of the molecule is CCCCCCN1CC(C(=O)OCCCC)CC1=O. The van der Waals surface area contributed by atoms with Crippen molar-refractivity contribution in [2.24, 2.45) is 5.92 Å². The van der Waals surface area contributed by atoms with Crippen LogP contribution in [0.25, 0.3) is 0 Å². The summed E-state index contributed by atoms with van der Waals surface area (Å²) in [4.78, 5) is 25.4. The Morgan fingerprint density at radius 1 is 1.21 bits per heavy atom. The maximum absolute atomic E-state index is 11.8. The van der Waals surface area contributed by atoms with Crippen molar-refractivity contribution in [1.82, 2.24) is 4.90 Å². The molecule has 1 atom stereocenters. The molecule has 1 unspecified atom stereocenters. The fraction of sp³-hybridized carbons (Fsp3) is 0.867. The quantitative estimate of drug-likeness (QED) is 0.477. The van der Waals surface area contributed by atoms with E-state index in [1.54, 1.807) is 0 Å². The van der Waals surface area contributed by atoms with Gasteiger partial charge in [0.1, 0.15) is 0 Å². The van der Waals surface area contributed by atoms with E-state index in [1.165, 1.54) is 12.8 Å². The average Bonchev–Trinajstić information content (AvgIpc) is 2.76. The second-order valence-electron chi connectivity index (χ2n) is 5.32. The fourth-order valence-corrected chi connectivity index (χ4v) is 2.31. The number of hydrogen-bond acceptors (Lipinski definition) is 3. The number of ether oxygens (including phenoxy) is 1. The van der Waals surface area contributed by atoms with Gasteiger partial charge in [0, 0.05) is 19.5 Å². The third kappa shape index (κ3) is 5.62. The molecule has 1 amide bonds. The van der Waals surface area contributed by atoms with Crippen molar-refractivity contribution >= 4 is 11.9 Å². The summed E-state index contributed by atoms with van der Waals surface area (Å²) in [6, 6.07) is 0. The molecule has 1 rings (SSSR count). The first kappa shape index (κ1) is 16.0. The predicted molar refractivity (Wildman–Crippen MR) is 74.7 cm³/mol. The smallest absolute Gasteiger partial charge is 0.311 e. The molecule has 1 saturated heterocycles. The van der Waals surface area contributed by atoms with E-state index in [0.717, 1.165) is 32.2 Å². The van der Waals surface area contributed by atoms with E-state index in [4.69, 9.17) is 4.74 Å². The number of unbranched alkanes of at least 4 members (excludes halogenated alkanes) is 4. The van der Waals surface area contributed by atoms with Gasteiger partial charge in [-0.1, -0.05) is 39.5 Å². The third-order valence-corrected chi connectivity index (χ3v) is 3.57. The zero-order chi connectivity index (χ0) is 14.1. The van der Waals surface area contributed by atoms with E-state index >= 15 is 0 Å². The molecule has 0 bridgehead atoms. The predicted octanol–water partition coefficient (Wildman–Crippen LogP) is 2.76. The Balaban J connectivity index is 2.25. The molecule has 0 aromatic carbocycles. The summed E-state index contributed by atoms with van der Waals surface area (Å²) in [5, 5.41) is 0. The number of likely N-dealkylation sites (tertiary alicyclic amines) is 1. The lowest BCUT2D eigenvalue weighted by atomic mass is 10.1. The summed E-state index contributed by atoms with van der Waals surface area (Å²) in [6.07, 6.45) is 6.85. The zero-order valence-corrected chi connectivity index (χ0v) is 12.3. The van der Waals surface area contributed by atoms with Crippen molar-refractivity contribution in [2.45, 2.75) is 58.8 Å². The second kappa shape index (κ2) is 8.94. The van der Waals surface area contributed by atoms with E-state index in [0.29, 0.717) is 19.6 Å². The largest absolute Gasteiger partial charge is 0.465 e. The molecule has 0 aromatic heterocycles. The first-order chi connectivity index (χ1) is 9.19. The maximum atomic E-state index is 11.8. The third-order valence-electron chi connectivity index (χ3n) is 3.57. The average molecular weight is 269 g/mol. The van der Waals surface area contributed by atoms with Crippen molar-refractivity contribution < 1.29 is 14.3 Å². The van der Waals surface area contributed by atoms with Crippen molar-refractivity contribution in [3.8, 4) is 0 Å². The minimum absolute atomic E-state index is 0.105. The molecular formula is C15H27NO3. The minimum Gasteiger partial charge on any atom is -0.465 e. The van der Waals surface area contributed by atoms with Gasteiger partial charge < -0.3 is 9.64 Å². The lowest BCUT2D eigenvalue weighted by Gasteiger charge is -2.16. The summed E-state index contributed by atoms with van der Waals surface area (Å²) in [5.74, 6) is -0.331. The summed E-state index contributed by atoms with van der Waals surface area (Å²) in [5.41, 5.74) is 0. The number of nitrogens with zero attached hydrogens (tertiary/aromatic N) is 1. The molecule has 0 aliphatic carbocycles. The molecule has 1 aliphatic rings. The first-order valence-electron chi connectivity index (χ1n) is 7.63. The maximum Gasteiger partial charge on any atom is 0.311 e. The van der Waals surface area contributed by atoms with Crippen LogP contribution < -0.4 is 0 Å². The summed E-state index contributed by atoms with van der Waals surface area (Å²) in [7, 11) is 0. The Morgan fingerprint density at radius 3 is 2.63 bits per heavy atom. The highest BCUT2D eigenvalue weighted by Crippen LogP contribution is 2.20. The molecular weight excluding hydrogens is 242 g/mol. The molecule has 0 saturated carbocycles. The van der Waals surface area contributed by atoms with Gasteiger partial charge in [-0.05, 0) is 12.8 Å². The van der Waals surface area contributed by atoms with Gasteiger partial charge >= 0.3 is 5.97 Å². The highest BCUT2D eigenvalue weighted by atomic mass is 16.5. The Bertz CT molecular complexity index is 291. The highest BCUT2D eigenvalue weighted by molar-refractivity contribution is 5.86. The Morgan fingerprint density at radius 2 is 1.95 bits per heavy atom. The molecule has 0 spiro atoms. The minimum atomic E-state index is -0.240. The Hall–Kier alpha value is -1.06. The van der Waals surface area contributed by atoms with Crippen LogP contribution in [0.4, 0.5) is 0 Å². The first-order valence-corrected chi connectivity index (χ1v) is 7.63. The number of rotatable bonds is 9. The summed E-state index contributed by atoms with van der Waals surface area (Å²) < 4.78 is 5.19. The van der Waals surface area contributed by atoms with Crippen molar-refractivity contribution in [3.05, 3.63) is 0 Å². The van der Waals surface area contributed by atoms with Gasteiger partial charge in [0.05, 0.1) is 12.5 Å². The number of esters is 1. The van der Waals surface area contributed by atoms with Gasteiger partial charge in [0.15, 0.2) is 0 Å². The van der Waals surface area contributed by atoms with Crippen molar-refractivity contribution in [1.29, 1.82) is 0 Å². The van der Waals surface area contributed by atoms with Gasteiger partial charge in [-0.15, -0.1) is 0 Å². The van der Waals surface area contributed by atoms with Crippen LogP contribution in [0.2, 0.25) is 0 Å². The van der Waals surface area contributed by atoms with Crippen molar-refractivity contribution in [3.63, 3.8) is 0 Å². The number of hydrogen-bond donors (Lipinski definition) is 0. The van der Waals surface area contributed by atoms with E-state index in [1.807, 2.05) is 4.90 Å². The van der Waals surface area contributed by atoms with Crippen LogP contribution >= 0.6 is 0 Å². The summed E-state index contributed by atoms with van der Waals surface area (Å²) >= 11 is 0. The van der Waals surface area contributed by atoms with Crippen LogP contribution in [-0.4, -0.2) is 36.5 Å². The molecule has 0 radical (unpaired) electrons. The lowest BCUT2D eigenvalue weighted by molar-refractivity contribution is -0.148. The molecule has 1 fully saturated rings. The van der Waals surface area contributed by atoms with E-state index in [2.05, 4.69) is 13.8 Å². The molecule has 19 heavy (non-hydrogen) atoms. The molecule has 4 heteroatoms. The van der Waals surface area contributed by atoms with Crippen LogP contribution in [-0.2, 0) is 14.3 Å². The van der Waals surface area contributed by atoms with Gasteiger partial charge in [-0.3, -0.25) is 9.59 Å². The molecule has 0 N–H and O–H groups in total. The molecule has 1 aliphatic heterocycles. The second-order valence-corrected chi connectivity index (χ2v) is 5.32. The monoisotopic (exact) mass is 269 g/mol. The molecule has 1 heterocycles. The van der Waals surface area contributed by atoms with Crippen LogP contribution in [0.3, 0.4) is 0 Å². The Kier molecular flexibility index (Phi) is 7.53. The zero-order valence-electron chi connectivity index (χ0n) is 12.3. The van der Waals surface area contributed by atoms with Gasteiger partial charge in [-0.25, -0.2) is 0 Å². The normalized spacial score (nSPS) is 18.9. The summed E-state index contributed by atoms with van der Waals surface area (Å²) in [6.45, 7) is 6.05. The van der Waals surface area contributed by atoms with Gasteiger partial charge in [-0.2, -0.15) is 0 Å². The Labute approximate surface area is 116 Å². The van der Waals surface area contributed by atoms with E-state index in [-0.39, 0.29) is 17.8 Å². The lowest BCUT2D eigenvalue weighted by Crippen LogP contribution is -2.27. The fourth-order valence-electron chi connectivity index (χ4n) is 2.31. The van der Waals surface area contributed by atoms with Crippen LogP contribution in [0.15, 0.2) is 0 Å². The van der Waals surface area contributed by atoms with Gasteiger partial charge in [0.2, 0.25) is 5.91 Å².